The number of hydrogen-bond acceptors (Lipinski definition) is 12. The number of hydrogen-bond donors (Lipinski definition) is 5. The number of rotatable bonds is 15. The van der Waals surface area contributed by atoms with Gasteiger partial charge in [-0.1, -0.05) is 48.5 Å². The Kier molecular flexibility index (Phi) is 16.3. The largest absolute Gasteiger partial charge is 0.507 e. The van der Waals surface area contributed by atoms with Crippen LogP contribution >= 0.6 is 0 Å². The monoisotopic (exact) mass is 984 g/mol. The molecule has 73 heavy (non-hydrogen) atoms. The van der Waals surface area contributed by atoms with E-state index in [1.807, 2.05) is 0 Å². The Balaban J connectivity index is 0.000000214. The quantitative estimate of drug-likeness (QED) is 0.0606. The minimum atomic E-state index is -0.977. The van der Waals surface area contributed by atoms with E-state index in [1.54, 1.807) is 72.8 Å². The predicted octanol–water partition coefficient (Wildman–Crippen LogP) is 9.64. The molecule has 0 atom stereocenters. The van der Waals surface area contributed by atoms with E-state index in [2.05, 4.69) is 31.2 Å². The van der Waals surface area contributed by atoms with Crippen LogP contribution in [0.25, 0.3) is 0 Å². The molecule has 16 nitrogen and oxygen atoms in total. The maximum atomic E-state index is 14.8. The van der Waals surface area contributed by atoms with Crippen LogP contribution in [0.4, 0.5) is 31.5 Å². The zero-order valence-electron chi connectivity index (χ0n) is 38.9. The zero-order chi connectivity index (χ0) is 52.0. The Morgan fingerprint density at radius 3 is 1.03 bits per heavy atom. The molecule has 0 saturated heterocycles. The van der Waals surface area contributed by atoms with Crippen LogP contribution in [0.3, 0.4) is 0 Å². The fraction of sp³-hybridized carbons (Fsp3) is 0.0545. The van der Waals surface area contributed by atoms with Gasteiger partial charge in [-0.2, -0.15) is 0 Å². The number of para-hydroxylation sites is 4. The van der Waals surface area contributed by atoms with Crippen molar-refractivity contribution in [3.63, 3.8) is 0 Å². The highest BCUT2D eigenvalue weighted by Gasteiger charge is 2.25. The summed E-state index contributed by atoms with van der Waals surface area (Å²) in [6.07, 6.45) is 6.02. The first kappa shape index (κ1) is 50.8. The number of phenols is 1. The van der Waals surface area contributed by atoms with Crippen molar-refractivity contribution >= 4 is 57.9 Å². The van der Waals surface area contributed by atoms with E-state index in [-0.39, 0.29) is 56.9 Å². The van der Waals surface area contributed by atoms with Gasteiger partial charge >= 0.3 is 0 Å². The van der Waals surface area contributed by atoms with Crippen molar-refractivity contribution in [1.82, 2.24) is 9.97 Å². The molecule has 8 aromatic rings. The highest BCUT2D eigenvalue weighted by Crippen LogP contribution is 2.33. The van der Waals surface area contributed by atoms with E-state index in [1.165, 1.54) is 119 Å². The van der Waals surface area contributed by atoms with E-state index in [0.717, 1.165) is 0 Å². The number of nitrogens with one attached hydrogen (secondary N) is 4. The number of phenolic OH excluding ortho intramolecular Hbond substituents is 1. The lowest BCUT2D eigenvalue weighted by Gasteiger charge is -2.13. The lowest BCUT2D eigenvalue weighted by molar-refractivity contribution is 0.101. The summed E-state index contributed by atoms with van der Waals surface area (Å²) in [6.45, 7) is 0. The van der Waals surface area contributed by atoms with Crippen molar-refractivity contribution in [2.75, 3.05) is 42.6 Å². The topological polar surface area (TPSA) is 224 Å². The number of ketones is 2. The maximum Gasteiger partial charge on any atom is 0.255 e. The molecular formula is C55H42F2N6O10. The van der Waals surface area contributed by atoms with E-state index in [4.69, 9.17) is 14.2 Å². The number of carbonyl (C=O) groups excluding carboxylic acids is 6. The number of nitrogens with zero attached hydrogens (tertiary/aromatic N) is 2. The van der Waals surface area contributed by atoms with Gasteiger partial charge in [-0.15, -0.1) is 0 Å². The summed E-state index contributed by atoms with van der Waals surface area (Å²) in [7, 11) is 3.89. The molecule has 2 aromatic heterocycles. The summed E-state index contributed by atoms with van der Waals surface area (Å²) in [5, 5.41) is 21.0. The van der Waals surface area contributed by atoms with Gasteiger partial charge < -0.3 is 40.6 Å². The lowest BCUT2D eigenvalue weighted by atomic mass is 10.00. The smallest absolute Gasteiger partial charge is 0.255 e. The van der Waals surface area contributed by atoms with Gasteiger partial charge in [0.1, 0.15) is 22.6 Å². The summed E-state index contributed by atoms with van der Waals surface area (Å²) in [5.74, 6) is -5.59. The van der Waals surface area contributed by atoms with Crippen LogP contribution in [0.15, 0.2) is 170 Å². The summed E-state index contributed by atoms with van der Waals surface area (Å²) in [4.78, 5) is 84.3. The van der Waals surface area contributed by atoms with Crippen LogP contribution in [0.5, 0.6) is 23.0 Å². The first-order chi connectivity index (χ1) is 35.3. The molecule has 4 amide bonds. The van der Waals surface area contributed by atoms with E-state index < -0.39 is 46.3 Å². The molecular weight excluding hydrogens is 943 g/mol. The summed E-state index contributed by atoms with van der Waals surface area (Å²) >= 11 is 0. The molecule has 6 aromatic carbocycles. The molecule has 2 heterocycles. The number of methoxy groups -OCH3 is 3. The van der Waals surface area contributed by atoms with E-state index in [9.17, 15) is 42.7 Å². The predicted molar refractivity (Wildman–Crippen MR) is 267 cm³/mol. The molecule has 0 aliphatic heterocycles. The summed E-state index contributed by atoms with van der Waals surface area (Å²) in [6, 6.07) is 36.2. The lowest BCUT2D eigenvalue weighted by Crippen LogP contribution is -2.17. The molecule has 0 aliphatic rings. The van der Waals surface area contributed by atoms with Crippen molar-refractivity contribution in [2.45, 2.75) is 0 Å². The van der Waals surface area contributed by atoms with Gasteiger partial charge in [0.25, 0.3) is 23.6 Å². The summed E-state index contributed by atoms with van der Waals surface area (Å²) in [5.41, 5.74) is 2.29. The van der Waals surface area contributed by atoms with E-state index >= 15 is 0 Å². The Morgan fingerprint density at radius 2 is 0.671 bits per heavy atom. The van der Waals surface area contributed by atoms with Gasteiger partial charge in [0, 0.05) is 58.2 Å². The standard InChI is InChI=1S/C28H22FN3O5.C27H20FN3O5/c1-36-22-11-12-23(37-2)25(29)24(22)26(33)17-7-9-18(10-8-17)27(34)31-20-5-3-4-6-21(20)32-28(35)19-13-15-30-16-14-19;1-36-22-11-10-21(32)23(24(22)28)25(33)16-6-8-17(9-7-16)26(34)30-19-4-2-3-5-20(19)31-27(35)18-12-14-29-15-13-18/h3-16H,1-2H3,(H,31,34)(H,32,35);2-15,32H,1H3,(H,30,34)(H,31,35). The van der Waals surface area contributed by atoms with Gasteiger partial charge in [-0.05, 0) is 97.1 Å². The van der Waals surface area contributed by atoms with Crippen LogP contribution in [0.1, 0.15) is 73.3 Å². The van der Waals surface area contributed by atoms with Crippen LogP contribution < -0.4 is 35.5 Å². The average molecular weight is 985 g/mol. The van der Waals surface area contributed by atoms with Crippen LogP contribution in [0.2, 0.25) is 0 Å². The Hall–Kier alpha value is -10.1. The molecule has 0 fully saturated rings. The second-order valence-corrected chi connectivity index (χ2v) is 15.3. The first-order valence-electron chi connectivity index (χ1n) is 21.8. The number of halogens is 2. The fourth-order valence-corrected chi connectivity index (χ4v) is 7.02. The molecule has 0 aliphatic carbocycles. The first-order valence-corrected chi connectivity index (χ1v) is 21.8. The van der Waals surface area contributed by atoms with Crippen LogP contribution in [-0.4, -0.2) is 71.6 Å². The molecule has 0 unspecified atom stereocenters. The Bertz CT molecular complexity index is 3340. The number of aromatic hydroxyl groups is 1. The zero-order valence-corrected chi connectivity index (χ0v) is 38.9. The number of ether oxygens (including phenoxy) is 3. The highest BCUT2D eigenvalue weighted by molar-refractivity contribution is 6.14. The van der Waals surface area contributed by atoms with Crippen molar-refractivity contribution in [2.24, 2.45) is 0 Å². The Labute approximate surface area is 415 Å². The van der Waals surface area contributed by atoms with Crippen molar-refractivity contribution in [1.29, 1.82) is 0 Å². The molecule has 5 N–H and O–H groups in total. The van der Waals surface area contributed by atoms with Crippen molar-refractivity contribution in [3.05, 3.63) is 227 Å². The number of amides is 4. The molecule has 18 heteroatoms. The normalized spacial score (nSPS) is 10.4. The minimum absolute atomic E-state index is 0.0653. The van der Waals surface area contributed by atoms with Gasteiger partial charge in [-0.3, -0.25) is 38.7 Å². The second kappa shape index (κ2) is 23.5. The third kappa shape index (κ3) is 12.0. The third-order valence-corrected chi connectivity index (χ3v) is 10.8. The van der Waals surface area contributed by atoms with Gasteiger partial charge in [-0.25, -0.2) is 8.78 Å². The molecule has 0 saturated carbocycles. The van der Waals surface area contributed by atoms with Gasteiger partial charge in [0.15, 0.2) is 34.7 Å². The maximum absolute atomic E-state index is 14.8. The second-order valence-electron chi connectivity index (χ2n) is 15.3. The van der Waals surface area contributed by atoms with Crippen LogP contribution in [0, 0.1) is 11.6 Å². The highest BCUT2D eigenvalue weighted by atomic mass is 19.1. The van der Waals surface area contributed by atoms with Gasteiger partial charge in [0.05, 0.1) is 44.1 Å². The van der Waals surface area contributed by atoms with Gasteiger partial charge in [0.2, 0.25) is 0 Å². The van der Waals surface area contributed by atoms with Crippen molar-refractivity contribution in [3.8, 4) is 23.0 Å². The molecule has 0 spiro atoms. The average Bonchev–Trinajstić information content (AvgIpc) is 3.42. The Morgan fingerprint density at radius 1 is 0.384 bits per heavy atom. The third-order valence-electron chi connectivity index (χ3n) is 10.8. The molecule has 8 rings (SSSR count). The minimum Gasteiger partial charge on any atom is -0.507 e. The van der Waals surface area contributed by atoms with E-state index in [0.29, 0.717) is 33.9 Å². The molecule has 366 valence electrons. The summed E-state index contributed by atoms with van der Waals surface area (Å²) < 4.78 is 44.4. The number of anilines is 4. The van der Waals surface area contributed by atoms with Crippen molar-refractivity contribution < 1.29 is 56.9 Å². The van der Waals surface area contributed by atoms with Crippen LogP contribution in [-0.2, 0) is 0 Å². The SMILES string of the molecule is COc1ccc(O)c(C(=O)c2ccc(C(=O)Nc3ccccc3NC(=O)c3ccncc3)cc2)c1F.COc1ccc(OC)c(C(=O)c2ccc(C(=O)Nc3ccccc3NC(=O)c3ccncc3)cc2)c1F. The molecule has 0 bridgehead atoms. The number of carbonyl (C=O) groups is 6. The number of benzene rings is 6. The molecule has 0 radical (unpaired) electrons. The number of pyridine rings is 2. The number of aromatic nitrogens is 2. The fourth-order valence-electron chi connectivity index (χ4n) is 7.02.